The quantitative estimate of drug-likeness (QED) is 0.262. The normalized spacial score (nSPS) is 24.0. The predicted octanol–water partition coefficient (Wildman–Crippen LogP) is 8.89. The zero-order chi connectivity index (χ0) is 27.4. The number of carbonyl (C=O) groups is 1. The lowest BCUT2D eigenvalue weighted by atomic mass is 9.59. The minimum absolute atomic E-state index is 0.0525. The van der Waals surface area contributed by atoms with Crippen LogP contribution < -0.4 is 0 Å². The van der Waals surface area contributed by atoms with E-state index in [1.54, 1.807) is 25.0 Å². The molecule has 3 nitrogen and oxygen atoms in total. The molecular formula is C33H58O3. The smallest absolute Gasteiger partial charge is 0.163 e. The number of allylic oxidation sites excluding steroid dienone is 4. The molecule has 0 radical (unpaired) electrons. The van der Waals surface area contributed by atoms with Gasteiger partial charge in [-0.05, 0) is 109 Å². The lowest BCUT2D eigenvalue weighted by Gasteiger charge is -2.45. The molecule has 0 heterocycles. The summed E-state index contributed by atoms with van der Waals surface area (Å²) in [6.45, 7) is 17.8. The summed E-state index contributed by atoms with van der Waals surface area (Å²) in [5.74, 6) is 0.943. The van der Waals surface area contributed by atoms with Gasteiger partial charge in [0.05, 0.1) is 5.60 Å². The predicted molar refractivity (Wildman–Crippen MR) is 155 cm³/mol. The lowest BCUT2D eigenvalue weighted by Crippen LogP contribution is -2.37. The van der Waals surface area contributed by atoms with Crippen LogP contribution in [-0.2, 0) is 4.79 Å². The average Bonchev–Trinajstić information content (AvgIpc) is 2.81. The van der Waals surface area contributed by atoms with Gasteiger partial charge in [0.1, 0.15) is 5.60 Å². The van der Waals surface area contributed by atoms with Crippen LogP contribution in [0.4, 0.5) is 0 Å². The molecule has 36 heavy (non-hydrogen) atoms. The Hall–Kier alpha value is -1.19. The van der Waals surface area contributed by atoms with Gasteiger partial charge in [0.25, 0.3) is 0 Å². The van der Waals surface area contributed by atoms with Gasteiger partial charge in [-0.15, -0.1) is 13.2 Å². The van der Waals surface area contributed by atoms with Crippen LogP contribution in [0.5, 0.6) is 0 Å². The van der Waals surface area contributed by atoms with Gasteiger partial charge in [0, 0.05) is 6.42 Å². The van der Waals surface area contributed by atoms with E-state index in [2.05, 4.69) is 39.2 Å². The van der Waals surface area contributed by atoms with Gasteiger partial charge in [-0.1, -0.05) is 62.8 Å². The molecule has 2 fully saturated rings. The second kappa shape index (κ2) is 15.3. The van der Waals surface area contributed by atoms with E-state index in [0.29, 0.717) is 18.3 Å². The fourth-order valence-electron chi connectivity index (χ4n) is 6.64. The maximum Gasteiger partial charge on any atom is 0.163 e. The summed E-state index contributed by atoms with van der Waals surface area (Å²) < 4.78 is 0. The first-order valence-corrected chi connectivity index (χ1v) is 14.7. The van der Waals surface area contributed by atoms with Crippen molar-refractivity contribution in [1.29, 1.82) is 0 Å². The van der Waals surface area contributed by atoms with Crippen LogP contribution in [0, 0.1) is 17.3 Å². The van der Waals surface area contributed by atoms with Crippen molar-refractivity contribution < 1.29 is 15.0 Å². The Morgan fingerprint density at radius 1 is 0.972 bits per heavy atom. The van der Waals surface area contributed by atoms with Crippen LogP contribution in [0.3, 0.4) is 0 Å². The van der Waals surface area contributed by atoms with Gasteiger partial charge in [-0.3, -0.25) is 4.79 Å². The van der Waals surface area contributed by atoms with E-state index < -0.39 is 11.2 Å². The monoisotopic (exact) mass is 502 g/mol. The molecule has 2 rings (SSSR count). The summed E-state index contributed by atoms with van der Waals surface area (Å²) in [7, 11) is 0. The van der Waals surface area contributed by atoms with E-state index in [-0.39, 0.29) is 11.2 Å². The second-order valence-electron chi connectivity index (χ2n) is 12.9. The zero-order valence-corrected chi connectivity index (χ0v) is 24.6. The first-order chi connectivity index (χ1) is 16.8. The molecule has 0 aromatic carbocycles. The molecule has 2 aliphatic carbocycles. The molecule has 2 N–H and O–H groups in total. The van der Waals surface area contributed by atoms with E-state index in [9.17, 15) is 15.0 Å². The molecular weight excluding hydrogens is 444 g/mol. The number of rotatable bonds is 12. The van der Waals surface area contributed by atoms with Crippen molar-refractivity contribution in [3.05, 3.63) is 36.5 Å². The van der Waals surface area contributed by atoms with E-state index >= 15 is 0 Å². The van der Waals surface area contributed by atoms with Crippen molar-refractivity contribution in [1.82, 2.24) is 0 Å². The Balaban J connectivity index is 0.00000316. The number of aliphatic hydroxyl groups is 2. The molecule has 0 spiro atoms. The van der Waals surface area contributed by atoms with Crippen molar-refractivity contribution in [3.63, 3.8) is 0 Å². The number of carbonyl (C=O) groups excluding carboxylic acids is 1. The van der Waals surface area contributed by atoms with Crippen molar-refractivity contribution in [3.8, 4) is 0 Å². The molecule has 0 aromatic heterocycles. The highest BCUT2D eigenvalue weighted by molar-refractivity contribution is 5.86. The first-order valence-electron chi connectivity index (χ1n) is 14.7. The molecule has 0 aromatic rings. The second-order valence-corrected chi connectivity index (χ2v) is 12.9. The summed E-state index contributed by atoms with van der Waals surface area (Å²) in [5, 5.41) is 20.4. The molecule has 3 atom stereocenters. The Labute approximate surface area is 223 Å². The van der Waals surface area contributed by atoms with Gasteiger partial charge in [-0.2, -0.15) is 0 Å². The molecule has 208 valence electrons. The largest absolute Gasteiger partial charge is 0.390 e. The Morgan fingerprint density at radius 3 is 2.11 bits per heavy atom. The third-order valence-corrected chi connectivity index (χ3v) is 8.62. The van der Waals surface area contributed by atoms with Crippen molar-refractivity contribution in [2.45, 2.75) is 149 Å². The summed E-state index contributed by atoms with van der Waals surface area (Å²) in [6.07, 6.45) is 21.6. The molecule has 2 saturated carbocycles. The van der Waals surface area contributed by atoms with Crippen molar-refractivity contribution >= 4 is 5.78 Å². The van der Waals surface area contributed by atoms with Crippen LogP contribution in [0.1, 0.15) is 138 Å². The molecule has 2 aliphatic rings. The van der Waals surface area contributed by atoms with E-state index in [0.717, 1.165) is 38.5 Å². The van der Waals surface area contributed by atoms with Gasteiger partial charge in [0.15, 0.2) is 5.78 Å². The van der Waals surface area contributed by atoms with E-state index in [4.69, 9.17) is 0 Å². The maximum absolute atomic E-state index is 12.6. The minimum Gasteiger partial charge on any atom is -0.390 e. The Morgan fingerprint density at radius 2 is 1.56 bits per heavy atom. The third kappa shape index (κ3) is 11.5. The topological polar surface area (TPSA) is 57.5 Å². The number of hydrogen-bond donors (Lipinski definition) is 2. The fourth-order valence-corrected chi connectivity index (χ4v) is 6.64. The SMILES string of the molecule is C=C.CCC(C(CCCC(C)(C)O)CCC(=O)C(C)(C)O)C1(C)CCC/C(=C\C=C2CCCCC2)C1. The van der Waals surface area contributed by atoms with Crippen molar-refractivity contribution in [2.24, 2.45) is 17.3 Å². The van der Waals surface area contributed by atoms with Crippen molar-refractivity contribution in [2.75, 3.05) is 0 Å². The van der Waals surface area contributed by atoms with Crippen LogP contribution in [0.2, 0.25) is 0 Å². The molecule has 0 bridgehead atoms. The minimum atomic E-state index is -1.25. The molecule has 3 unspecified atom stereocenters. The van der Waals surface area contributed by atoms with Gasteiger partial charge >= 0.3 is 0 Å². The Kier molecular flexibility index (Phi) is 13.9. The number of Topliss-reactive ketones (excluding diaryl/α,β-unsaturated/α-hetero) is 1. The molecule has 0 amide bonds. The zero-order valence-electron chi connectivity index (χ0n) is 24.6. The highest BCUT2D eigenvalue weighted by atomic mass is 16.3. The highest BCUT2D eigenvalue weighted by Crippen LogP contribution is 2.50. The maximum atomic E-state index is 12.6. The van der Waals surface area contributed by atoms with Gasteiger partial charge in [0.2, 0.25) is 0 Å². The molecule has 3 heteroatoms. The third-order valence-electron chi connectivity index (χ3n) is 8.62. The van der Waals surface area contributed by atoms with E-state index in [1.165, 1.54) is 51.4 Å². The summed E-state index contributed by atoms with van der Waals surface area (Å²) in [6, 6.07) is 0. The fraction of sp³-hybridized carbons (Fsp3) is 0.788. The first kappa shape index (κ1) is 32.8. The molecule has 0 saturated heterocycles. The average molecular weight is 503 g/mol. The standard InChI is InChI=1S/C31H54O3.C2H4/c1-7-27(26(16-12-21-29(2,3)33)19-20-28(32)30(4,5)34)31(6)22-11-15-25(23-31)18-17-24-13-9-8-10-14-24;1-2/h17-18,26-27,33-34H,7-16,19-23H2,1-6H3;1-2H2/b25-18+;. The van der Waals surface area contributed by atoms with Crippen LogP contribution >= 0.6 is 0 Å². The van der Waals surface area contributed by atoms with E-state index in [1.807, 2.05) is 13.8 Å². The lowest BCUT2D eigenvalue weighted by molar-refractivity contribution is -0.134. The van der Waals surface area contributed by atoms with Crippen LogP contribution in [-0.4, -0.2) is 27.2 Å². The number of hydrogen-bond acceptors (Lipinski definition) is 3. The summed E-state index contributed by atoms with van der Waals surface area (Å²) >= 11 is 0. The highest BCUT2D eigenvalue weighted by Gasteiger charge is 2.40. The van der Waals surface area contributed by atoms with Gasteiger partial charge < -0.3 is 10.2 Å². The molecule has 0 aliphatic heterocycles. The number of ketones is 1. The summed E-state index contributed by atoms with van der Waals surface area (Å²) in [4.78, 5) is 12.6. The summed E-state index contributed by atoms with van der Waals surface area (Å²) in [5.41, 5.74) is 1.59. The van der Waals surface area contributed by atoms with Crippen LogP contribution in [0.25, 0.3) is 0 Å². The Bertz CT molecular complexity index is 710. The van der Waals surface area contributed by atoms with Crippen LogP contribution in [0.15, 0.2) is 36.5 Å². The van der Waals surface area contributed by atoms with Gasteiger partial charge in [-0.25, -0.2) is 0 Å².